The number of fused-ring (bicyclic) bond motifs is 12. The molecule has 4 heterocycles. The van der Waals surface area contributed by atoms with Crippen LogP contribution in [-0.4, -0.2) is 14.5 Å². The van der Waals surface area contributed by atoms with Gasteiger partial charge in [-0.3, -0.25) is 0 Å². The summed E-state index contributed by atoms with van der Waals surface area (Å²) in [5, 5.41) is 5.76. The van der Waals surface area contributed by atoms with E-state index in [4.69, 9.17) is 14.4 Å². The molecule has 0 radical (unpaired) electrons. The van der Waals surface area contributed by atoms with E-state index in [0.29, 0.717) is 5.82 Å². The van der Waals surface area contributed by atoms with Crippen molar-refractivity contribution in [2.24, 2.45) is 0 Å². The van der Waals surface area contributed by atoms with E-state index in [1.165, 1.54) is 48.8 Å². The third-order valence-electron chi connectivity index (χ3n) is 12.8. The van der Waals surface area contributed by atoms with E-state index >= 15 is 0 Å². The molecular formula is C55H35N3OS. The zero-order valence-corrected chi connectivity index (χ0v) is 33.7. The van der Waals surface area contributed by atoms with Gasteiger partial charge in [0, 0.05) is 53.9 Å². The third-order valence-corrected chi connectivity index (χ3v) is 14.0. The minimum Gasteiger partial charge on any atom is -0.456 e. The monoisotopic (exact) mass is 785 g/mol. The van der Waals surface area contributed by atoms with Gasteiger partial charge in [-0.2, -0.15) is 0 Å². The number of hydrogen-bond donors (Lipinski definition) is 0. The SMILES string of the molecule is CC1(C)c2ccccc2-c2cc3c4cc(-c5ccc6oc7cccc(-c8nc(-c9ccccc9)nc9c8sc8ccccc89)c7c6c5)ccc4n(-c4ccccc4)c3cc21. The Morgan fingerprint density at radius 2 is 1.22 bits per heavy atom. The molecule has 13 rings (SSSR count). The van der Waals surface area contributed by atoms with Crippen LogP contribution in [0.25, 0.3) is 115 Å². The average Bonchev–Trinajstić information content (AvgIpc) is 4.02. The Labute approximate surface area is 349 Å². The number of para-hydroxylation sites is 1. The third kappa shape index (κ3) is 4.72. The van der Waals surface area contributed by atoms with Gasteiger partial charge in [-0.1, -0.05) is 129 Å². The van der Waals surface area contributed by atoms with Crippen LogP contribution in [0.4, 0.5) is 0 Å². The quantitative estimate of drug-likeness (QED) is 0.178. The topological polar surface area (TPSA) is 43.9 Å². The molecule has 12 aromatic rings. The number of benzene rings is 8. The lowest BCUT2D eigenvalue weighted by molar-refractivity contribution is 0.661. The second-order valence-corrected chi connectivity index (χ2v) is 17.6. The molecule has 282 valence electrons. The van der Waals surface area contributed by atoms with E-state index < -0.39 is 0 Å². The van der Waals surface area contributed by atoms with Crippen LogP contribution in [0.1, 0.15) is 25.0 Å². The van der Waals surface area contributed by atoms with E-state index in [1.54, 1.807) is 11.3 Å². The van der Waals surface area contributed by atoms with Crippen molar-refractivity contribution in [3.8, 4) is 50.6 Å². The molecule has 0 spiro atoms. The maximum atomic E-state index is 6.62. The highest BCUT2D eigenvalue weighted by Gasteiger charge is 2.36. The molecule has 4 nitrogen and oxygen atoms in total. The summed E-state index contributed by atoms with van der Waals surface area (Å²) in [5.41, 5.74) is 16.8. The van der Waals surface area contributed by atoms with Crippen LogP contribution in [0.5, 0.6) is 0 Å². The number of aromatic nitrogens is 3. The van der Waals surface area contributed by atoms with Crippen LogP contribution in [-0.2, 0) is 5.41 Å². The minimum atomic E-state index is -0.0947. The van der Waals surface area contributed by atoms with Gasteiger partial charge in [-0.25, -0.2) is 9.97 Å². The zero-order chi connectivity index (χ0) is 39.7. The molecule has 0 saturated heterocycles. The number of thiophene rings is 1. The van der Waals surface area contributed by atoms with Gasteiger partial charge in [0.25, 0.3) is 0 Å². The average molecular weight is 786 g/mol. The summed E-state index contributed by atoms with van der Waals surface area (Å²) in [6.07, 6.45) is 0. The molecule has 60 heavy (non-hydrogen) atoms. The molecule has 0 bridgehead atoms. The Hall–Kier alpha value is -7.34. The minimum absolute atomic E-state index is 0.0947. The Bertz CT molecular complexity index is 3740. The van der Waals surface area contributed by atoms with Crippen molar-refractivity contribution < 1.29 is 4.42 Å². The number of hydrogen-bond acceptors (Lipinski definition) is 4. The highest BCUT2D eigenvalue weighted by Crippen LogP contribution is 2.51. The maximum absolute atomic E-state index is 6.62. The lowest BCUT2D eigenvalue weighted by Crippen LogP contribution is -2.14. The first-order chi connectivity index (χ1) is 29.5. The molecule has 0 saturated carbocycles. The van der Waals surface area contributed by atoms with Gasteiger partial charge in [0.15, 0.2) is 5.82 Å². The summed E-state index contributed by atoms with van der Waals surface area (Å²) in [4.78, 5) is 10.5. The highest BCUT2D eigenvalue weighted by atomic mass is 32.1. The van der Waals surface area contributed by atoms with Gasteiger partial charge < -0.3 is 8.98 Å². The number of furan rings is 1. The van der Waals surface area contributed by atoms with Crippen LogP contribution in [0.2, 0.25) is 0 Å². The summed E-state index contributed by atoms with van der Waals surface area (Å²) in [7, 11) is 0. The van der Waals surface area contributed by atoms with Crippen LogP contribution < -0.4 is 0 Å². The fraction of sp³-hybridized carbons (Fsp3) is 0.0545. The molecule has 0 N–H and O–H groups in total. The molecule has 0 atom stereocenters. The molecule has 8 aromatic carbocycles. The zero-order valence-electron chi connectivity index (χ0n) is 32.9. The van der Waals surface area contributed by atoms with E-state index in [1.807, 2.05) is 18.2 Å². The molecular weight excluding hydrogens is 751 g/mol. The van der Waals surface area contributed by atoms with E-state index in [-0.39, 0.29) is 5.41 Å². The molecule has 0 unspecified atom stereocenters. The van der Waals surface area contributed by atoms with Crippen molar-refractivity contribution in [1.82, 2.24) is 14.5 Å². The van der Waals surface area contributed by atoms with Crippen molar-refractivity contribution >= 4 is 75.4 Å². The summed E-state index contributed by atoms with van der Waals surface area (Å²) in [6.45, 7) is 4.71. The predicted molar refractivity (Wildman–Crippen MR) is 250 cm³/mol. The van der Waals surface area contributed by atoms with Crippen molar-refractivity contribution in [1.29, 1.82) is 0 Å². The first-order valence-corrected chi connectivity index (χ1v) is 21.3. The van der Waals surface area contributed by atoms with Crippen LogP contribution >= 0.6 is 11.3 Å². The Balaban J connectivity index is 1.04. The van der Waals surface area contributed by atoms with Gasteiger partial charge in [0.2, 0.25) is 0 Å². The standard InChI is InChI=1S/C55H35N3OS/c1-55(2)43-21-11-9-18-36(43)39-30-41-40-28-33(24-26-45(40)58(46(41)31-44(39)55)35-16-7-4-8-17-35)34-25-27-47-42(29-34)50-38(20-13-22-48(50)59-47)52-53-51(37-19-10-12-23-49(37)60-53)56-54(57-52)32-14-5-3-6-15-32/h3-31H,1-2H3. The second-order valence-electron chi connectivity index (χ2n) is 16.5. The number of nitrogens with zero attached hydrogens (tertiary/aromatic N) is 3. The first kappa shape index (κ1) is 33.6. The smallest absolute Gasteiger partial charge is 0.160 e. The molecule has 1 aliphatic rings. The largest absolute Gasteiger partial charge is 0.456 e. The van der Waals surface area contributed by atoms with Gasteiger partial charge in [-0.05, 0) is 94.0 Å². The summed E-state index contributed by atoms with van der Waals surface area (Å²) in [6, 6.07) is 63.3. The van der Waals surface area contributed by atoms with E-state index in [2.05, 4.69) is 176 Å². The lowest BCUT2D eigenvalue weighted by atomic mass is 9.82. The molecule has 0 fully saturated rings. The highest BCUT2D eigenvalue weighted by molar-refractivity contribution is 7.26. The van der Waals surface area contributed by atoms with E-state index in [0.717, 1.165) is 71.2 Å². The number of rotatable bonds is 4. The normalized spacial score (nSPS) is 13.3. The summed E-state index contributed by atoms with van der Waals surface area (Å²) < 4.78 is 11.3. The molecule has 0 aliphatic heterocycles. The van der Waals surface area contributed by atoms with Crippen LogP contribution in [0.15, 0.2) is 180 Å². The van der Waals surface area contributed by atoms with Gasteiger partial charge in [0.05, 0.1) is 26.9 Å². The Kier molecular flexibility index (Phi) is 6.91. The Morgan fingerprint density at radius 1 is 0.500 bits per heavy atom. The van der Waals surface area contributed by atoms with Gasteiger partial charge >= 0.3 is 0 Å². The summed E-state index contributed by atoms with van der Waals surface area (Å²) in [5.74, 6) is 0.716. The van der Waals surface area contributed by atoms with Crippen molar-refractivity contribution in [2.75, 3.05) is 0 Å². The lowest BCUT2D eigenvalue weighted by Gasteiger charge is -2.21. The molecule has 4 aromatic heterocycles. The van der Waals surface area contributed by atoms with Gasteiger partial charge in [-0.15, -0.1) is 11.3 Å². The van der Waals surface area contributed by atoms with E-state index in [9.17, 15) is 0 Å². The predicted octanol–water partition coefficient (Wildman–Crippen LogP) is 15.1. The maximum Gasteiger partial charge on any atom is 0.160 e. The van der Waals surface area contributed by atoms with Crippen LogP contribution in [0.3, 0.4) is 0 Å². The Morgan fingerprint density at radius 3 is 2.08 bits per heavy atom. The molecule has 0 amide bonds. The fourth-order valence-electron chi connectivity index (χ4n) is 9.94. The fourth-order valence-corrected chi connectivity index (χ4v) is 11.1. The molecule has 5 heteroatoms. The van der Waals surface area contributed by atoms with Gasteiger partial charge in [0.1, 0.15) is 11.2 Å². The summed E-state index contributed by atoms with van der Waals surface area (Å²) >= 11 is 1.75. The second kappa shape index (κ2) is 12.3. The van der Waals surface area contributed by atoms with Crippen molar-refractivity contribution in [2.45, 2.75) is 19.3 Å². The van der Waals surface area contributed by atoms with Crippen molar-refractivity contribution in [3.63, 3.8) is 0 Å². The van der Waals surface area contributed by atoms with Crippen LogP contribution in [0, 0.1) is 0 Å². The molecule has 1 aliphatic carbocycles. The van der Waals surface area contributed by atoms with Crippen molar-refractivity contribution in [3.05, 3.63) is 187 Å². The first-order valence-electron chi connectivity index (χ1n) is 20.5.